The summed E-state index contributed by atoms with van der Waals surface area (Å²) in [5.41, 5.74) is 2.98. The zero-order valence-electron chi connectivity index (χ0n) is 71.0. The molecule has 0 amide bonds. The van der Waals surface area contributed by atoms with Gasteiger partial charge in [-0.3, -0.25) is 0 Å². The predicted octanol–water partition coefficient (Wildman–Crippen LogP) is 21.5. The molecule has 0 aliphatic carbocycles. The largest absolute Gasteiger partial charge is 0.508 e. The molecule has 28 nitrogen and oxygen atoms in total. The molecule has 0 atom stereocenters. The molecule has 22 aromatic rings. The number of hydrogen-bond donors (Lipinski definition) is 12. The number of fused-ring (bicyclic) bond motifs is 9. The average Bonchev–Trinajstić information content (AvgIpc) is 0.766. The lowest BCUT2D eigenvalue weighted by molar-refractivity contribution is 0.312. The summed E-state index contributed by atoms with van der Waals surface area (Å²) in [5, 5.41) is 143. The monoisotopic (exact) mass is 1760 g/mol. The van der Waals surface area contributed by atoms with Crippen LogP contribution >= 0.6 is 0 Å². The highest BCUT2D eigenvalue weighted by atomic mass is 16.5. The quantitative estimate of drug-likeness (QED) is 0.0335. The van der Waals surface area contributed by atoms with E-state index in [-0.39, 0.29) is 139 Å². The zero-order chi connectivity index (χ0) is 92.0. The van der Waals surface area contributed by atoms with Gasteiger partial charge in [-0.1, -0.05) is 194 Å². The van der Waals surface area contributed by atoms with Gasteiger partial charge in [0, 0.05) is 70.8 Å². The second-order valence-electron chi connectivity index (χ2n) is 30.8. The van der Waals surface area contributed by atoms with E-state index in [2.05, 4.69) is 157 Å². The molecule has 0 saturated carbocycles. The number of aromatic hydroxyl groups is 12. The molecular weight excluding hydrogens is 1690 g/mol. The molecule has 4 heterocycles. The number of benzene rings is 18. The van der Waals surface area contributed by atoms with Crippen LogP contribution in [0.4, 0.5) is 0 Å². The highest BCUT2D eigenvalue weighted by molar-refractivity contribution is 6.26. The lowest BCUT2D eigenvalue weighted by atomic mass is 9.92. The van der Waals surface area contributed by atoms with Crippen LogP contribution in [0.3, 0.4) is 0 Å². The van der Waals surface area contributed by atoms with Gasteiger partial charge in [0.1, 0.15) is 91.2 Å². The lowest BCUT2D eigenvalue weighted by Crippen LogP contribution is -2.04. The maximum Gasteiger partial charge on any atom is 0.320 e. The Morgan fingerprint density at radius 2 is 0.519 bits per heavy atom. The molecule has 0 aliphatic heterocycles. The molecule has 0 aliphatic rings. The summed E-state index contributed by atoms with van der Waals surface area (Å²) in [7, 11) is 1.43. The lowest BCUT2D eigenvalue weighted by Gasteiger charge is -2.14. The maximum absolute atomic E-state index is 10.5. The van der Waals surface area contributed by atoms with E-state index in [1.807, 2.05) is 147 Å². The van der Waals surface area contributed by atoms with Gasteiger partial charge in [0.15, 0.2) is 46.6 Å². The summed E-state index contributed by atoms with van der Waals surface area (Å²) in [5.74, 6) is -2.49. The molecule has 652 valence electrons. The summed E-state index contributed by atoms with van der Waals surface area (Å²) in [6.45, 7) is 6.41. The number of phenolic OH excluding ortho intramolecular Hbond substituents is 12. The van der Waals surface area contributed by atoms with Crippen LogP contribution in [0.15, 0.2) is 279 Å². The van der Waals surface area contributed by atoms with Gasteiger partial charge in [-0.05, 0) is 165 Å². The Morgan fingerprint density at radius 1 is 0.203 bits per heavy atom. The number of methoxy groups -OCH3 is 1. The van der Waals surface area contributed by atoms with Gasteiger partial charge >= 0.3 is 24.0 Å². The van der Waals surface area contributed by atoms with Crippen LogP contribution in [0.5, 0.6) is 93.0 Å². The highest BCUT2D eigenvalue weighted by Gasteiger charge is 2.27. The Balaban J connectivity index is 0.000000114. The van der Waals surface area contributed by atoms with Gasteiger partial charge in [-0.25, -0.2) is 19.9 Å². The molecule has 0 spiro atoms. The fourth-order valence-corrected chi connectivity index (χ4v) is 16.6. The second kappa shape index (κ2) is 35.1. The number of phenols is 12. The molecule has 22 rings (SSSR count). The summed E-state index contributed by atoms with van der Waals surface area (Å²) >= 11 is 0. The maximum atomic E-state index is 10.5. The van der Waals surface area contributed by atoms with Crippen molar-refractivity contribution in [3.05, 3.63) is 279 Å². The molecular formula is C105H76N12O16. The molecule has 0 fully saturated rings. The Hall–Kier alpha value is -18.3. The third-order valence-corrected chi connectivity index (χ3v) is 22.4. The van der Waals surface area contributed by atoms with Crippen LogP contribution in [-0.4, -0.2) is 148 Å². The van der Waals surface area contributed by atoms with Gasteiger partial charge in [0.25, 0.3) is 0 Å². The molecule has 0 bridgehead atoms. The van der Waals surface area contributed by atoms with Crippen molar-refractivity contribution in [2.24, 2.45) is 0 Å². The summed E-state index contributed by atoms with van der Waals surface area (Å²) in [6.07, 6.45) is 0. The third-order valence-electron chi connectivity index (χ3n) is 22.4. The van der Waals surface area contributed by atoms with Gasteiger partial charge in [0.2, 0.25) is 0 Å². The van der Waals surface area contributed by atoms with Crippen LogP contribution in [0.1, 0.15) is 20.8 Å². The zero-order valence-corrected chi connectivity index (χ0v) is 71.0. The molecule has 0 saturated heterocycles. The van der Waals surface area contributed by atoms with Gasteiger partial charge in [-0.15, -0.1) is 0 Å². The molecule has 4 aromatic heterocycles. The molecule has 0 unspecified atom stereocenters. The fraction of sp³-hybridized carbons (Fsp3) is 0.0667. The van der Waals surface area contributed by atoms with E-state index in [1.165, 1.54) is 12.5 Å². The van der Waals surface area contributed by atoms with Gasteiger partial charge < -0.3 is 80.2 Å². The van der Waals surface area contributed by atoms with Crippen molar-refractivity contribution in [3.8, 4) is 184 Å². The molecule has 12 N–H and O–H groups in total. The Bertz CT molecular complexity index is 8240. The summed E-state index contributed by atoms with van der Waals surface area (Å²) in [6, 6.07) is 86.5. The van der Waals surface area contributed by atoms with E-state index >= 15 is 0 Å². The first-order valence-electron chi connectivity index (χ1n) is 42.0. The first-order valence-corrected chi connectivity index (χ1v) is 42.0. The van der Waals surface area contributed by atoms with Crippen LogP contribution in [0, 0.1) is 0 Å². The number of nitrogens with zero attached hydrogens (tertiary/aromatic N) is 12. The van der Waals surface area contributed by atoms with E-state index < -0.39 is 0 Å². The average molecular weight is 1760 g/mol. The number of ether oxygens (including phenoxy) is 4. The minimum atomic E-state index is -0.360. The summed E-state index contributed by atoms with van der Waals surface area (Å²) < 4.78 is 22.0. The Morgan fingerprint density at radius 3 is 1.01 bits per heavy atom. The predicted molar refractivity (Wildman–Crippen MR) is 509 cm³/mol. The van der Waals surface area contributed by atoms with Crippen LogP contribution in [0.2, 0.25) is 0 Å². The third kappa shape index (κ3) is 16.3. The molecule has 0 radical (unpaired) electrons. The van der Waals surface area contributed by atoms with Crippen molar-refractivity contribution in [3.63, 3.8) is 0 Å². The van der Waals surface area contributed by atoms with Crippen molar-refractivity contribution >= 4 is 108 Å². The molecule has 18 aromatic carbocycles. The number of hydrogen-bond acceptors (Lipinski definition) is 28. The topological polar surface area (TPSA) is 434 Å². The first-order chi connectivity index (χ1) is 64.6. The summed E-state index contributed by atoms with van der Waals surface area (Å²) in [4.78, 5) is 53.3. The normalized spacial score (nSPS) is 11.3. The van der Waals surface area contributed by atoms with E-state index in [4.69, 9.17) is 18.9 Å². The van der Waals surface area contributed by atoms with Crippen molar-refractivity contribution in [2.45, 2.75) is 20.8 Å². The van der Waals surface area contributed by atoms with Crippen molar-refractivity contribution in [2.75, 3.05) is 26.9 Å². The minimum Gasteiger partial charge on any atom is -0.508 e. The first kappa shape index (κ1) is 84.2. The van der Waals surface area contributed by atoms with Crippen LogP contribution in [-0.2, 0) is 0 Å². The van der Waals surface area contributed by atoms with Gasteiger partial charge in [0.05, 0.1) is 26.9 Å². The number of aromatic nitrogens is 12. The highest BCUT2D eigenvalue weighted by Crippen LogP contribution is 2.48. The van der Waals surface area contributed by atoms with Crippen LogP contribution in [0.25, 0.3) is 199 Å². The SMILES string of the molecule is CCOc1nc(-c2c(O)cc(O)cc2O)nc(-c2c3ccccc3cc3ccccc23)n1.CCOc1nc(-c2c(O)cc(O)cc2O)nc(-c2cc3c4ccccc4ccc3c3ccccc23)n1.CCOc1nc(-c2ccc3cc4ccccc4cc3c2)nc(-c2c(O)cc(O)cc2O)n1.COc1nc(-c2c(O)cc(O)cc2O)nc(-c2ccc3ccc4cccc5ccc2c3c45)n1. The standard InChI is InChI=1S/C29H21N3O4.C26H17N3O4.2C25H19N3O4/c1-2-36-29-31-27(30-28(32-29)26-24(34)13-17(33)14-25(26)35)23-15-22-18-8-4-3-7-16(18)11-12-21(22)19-9-5-6-10-20(19)23;1-33-26-28-24(27-25(29-26)23-19(31)11-16(30)12-20(23)32)18-10-8-15-6-5-13-3-2-4-14-7-9-17(18)22(15)21(13)14;1-2-32-25-27-23(26-24(28-25)22-19(30)12-16(29)13-20(22)31)21-17-9-5-3-7-14(17)11-15-8-4-6-10-18(15)21;1-2-32-25-27-23(26-24(28-25)22-20(30)12-19(29)13-21(22)31)17-8-7-16-9-14-5-3-4-6-15(14)10-18(16)11-17/h3-15,33-35H,2H2,1H3;2-12,30-32H,1H3;2*3-13,29-31H,2H2,1H3. The van der Waals surface area contributed by atoms with Gasteiger partial charge in [-0.2, -0.15) is 39.9 Å². The number of rotatable bonds is 15. The van der Waals surface area contributed by atoms with E-state index in [0.29, 0.717) is 43.1 Å². The van der Waals surface area contributed by atoms with Crippen molar-refractivity contribution in [1.82, 2.24) is 59.8 Å². The van der Waals surface area contributed by atoms with Crippen molar-refractivity contribution in [1.29, 1.82) is 0 Å². The molecule has 133 heavy (non-hydrogen) atoms. The van der Waals surface area contributed by atoms with Crippen molar-refractivity contribution < 1.29 is 80.2 Å². The van der Waals surface area contributed by atoms with E-state index in [9.17, 15) is 61.3 Å². The Kier molecular flexibility index (Phi) is 22.2. The fourth-order valence-electron chi connectivity index (χ4n) is 16.6. The second-order valence-corrected chi connectivity index (χ2v) is 30.8. The van der Waals surface area contributed by atoms with E-state index in [1.54, 1.807) is 6.92 Å². The van der Waals surface area contributed by atoms with Crippen LogP contribution < -0.4 is 18.9 Å². The van der Waals surface area contributed by atoms with E-state index in [0.717, 1.165) is 173 Å². The molecule has 28 heteroatoms. The Labute approximate surface area is 754 Å². The minimum absolute atomic E-state index is 0.0146. The smallest absolute Gasteiger partial charge is 0.320 e.